The summed E-state index contributed by atoms with van der Waals surface area (Å²) in [5, 5.41) is 10.3. The molecular weight excluding hydrogens is 326 g/mol. The second-order valence-electron chi connectivity index (χ2n) is 5.42. The van der Waals surface area contributed by atoms with Gasteiger partial charge in [-0.15, -0.1) is 0 Å². The summed E-state index contributed by atoms with van der Waals surface area (Å²) in [6, 6.07) is 10.8. The van der Waals surface area contributed by atoms with E-state index in [9.17, 15) is 4.79 Å². The molecule has 3 aromatic rings. The van der Waals surface area contributed by atoms with E-state index >= 15 is 0 Å². The molecular formula is C17H16ClN5O. The average molecular weight is 342 g/mol. The van der Waals surface area contributed by atoms with Crippen molar-refractivity contribution >= 4 is 29.1 Å². The summed E-state index contributed by atoms with van der Waals surface area (Å²) in [4.78, 5) is 18.5. The van der Waals surface area contributed by atoms with Crippen molar-refractivity contribution in [3.8, 4) is 11.1 Å². The Bertz CT molecular complexity index is 875. The van der Waals surface area contributed by atoms with Crippen molar-refractivity contribution in [1.82, 2.24) is 15.2 Å². The lowest BCUT2D eigenvalue weighted by molar-refractivity contribution is 0.102. The molecule has 0 bridgehead atoms. The van der Waals surface area contributed by atoms with Crippen molar-refractivity contribution < 1.29 is 4.79 Å². The van der Waals surface area contributed by atoms with Gasteiger partial charge < -0.3 is 10.2 Å². The Morgan fingerprint density at radius 3 is 2.83 bits per heavy atom. The molecule has 0 radical (unpaired) electrons. The number of amides is 1. The van der Waals surface area contributed by atoms with Gasteiger partial charge in [0.1, 0.15) is 11.6 Å². The van der Waals surface area contributed by atoms with Gasteiger partial charge in [0.05, 0.1) is 6.20 Å². The summed E-state index contributed by atoms with van der Waals surface area (Å²) in [6.45, 7) is 0. The molecule has 1 amide bonds. The number of anilines is 2. The van der Waals surface area contributed by atoms with Gasteiger partial charge in [-0.05, 0) is 29.8 Å². The highest BCUT2D eigenvalue weighted by atomic mass is 35.5. The van der Waals surface area contributed by atoms with Crippen LogP contribution in [0.5, 0.6) is 0 Å². The summed E-state index contributed by atoms with van der Waals surface area (Å²) >= 11 is 6.03. The maximum Gasteiger partial charge on any atom is 0.257 e. The largest absolute Gasteiger partial charge is 0.363 e. The average Bonchev–Trinajstić information content (AvgIpc) is 3.03. The molecule has 0 unspecified atom stereocenters. The van der Waals surface area contributed by atoms with Gasteiger partial charge in [-0.2, -0.15) is 5.10 Å². The van der Waals surface area contributed by atoms with E-state index in [1.54, 1.807) is 30.6 Å². The third kappa shape index (κ3) is 3.38. The molecule has 0 saturated carbocycles. The van der Waals surface area contributed by atoms with Crippen molar-refractivity contribution in [2.45, 2.75) is 0 Å². The number of hydrogen-bond donors (Lipinski definition) is 2. The molecule has 0 atom stereocenters. The maximum atomic E-state index is 12.5. The molecule has 3 rings (SSSR count). The fourth-order valence-electron chi connectivity index (χ4n) is 2.25. The molecule has 2 heterocycles. The van der Waals surface area contributed by atoms with Gasteiger partial charge in [0.15, 0.2) is 0 Å². The Balaban J connectivity index is 1.86. The first-order valence-electron chi connectivity index (χ1n) is 7.28. The van der Waals surface area contributed by atoms with Crippen LogP contribution < -0.4 is 10.2 Å². The number of nitrogens with one attached hydrogen (secondary N) is 2. The van der Waals surface area contributed by atoms with Gasteiger partial charge in [0.25, 0.3) is 5.91 Å². The Morgan fingerprint density at radius 1 is 1.25 bits per heavy atom. The van der Waals surface area contributed by atoms with Crippen LogP contribution in [0, 0.1) is 0 Å². The summed E-state index contributed by atoms with van der Waals surface area (Å²) in [5.74, 6) is 0.987. The minimum absolute atomic E-state index is 0.243. The van der Waals surface area contributed by atoms with Gasteiger partial charge in [0.2, 0.25) is 0 Å². The van der Waals surface area contributed by atoms with E-state index in [1.165, 1.54) is 0 Å². The van der Waals surface area contributed by atoms with Crippen molar-refractivity contribution in [3.63, 3.8) is 0 Å². The third-order valence-electron chi connectivity index (χ3n) is 3.48. The monoisotopic (exact) mass is 341 g/mol. The van der Waals surface area contributed by atoms with Crippen LogP contribution in [0.4, 0.5) is 11.6 Å². The lowest BCUT2D eigenvalue weighted by Gasteiger charge is -2.12. The first-order chi connectivity index (χ1) is 11.5. The molecule has 0 aliphatic carbocycles. The quantitative estimate of drug-likeness (QED) is 0.762. The standard InChI is InChI=1S/C17H16ClN5O/c1-23(2)15-9-12(6-7-19-15)17(24)21-16-14(10-20-22-16)11-4-3-5-13(18)8-11/h3-10H,1-2H3,(H2,20,21,22,24). The van der Waals surface area contributed by atoms with Crippen molar-refractivity contribution in [2.24, 2.45) is 0 Å². The highest BCUT2D eigenvalue weighted by Gasteiger charge is 2.13. The highest BCUT2D eigenvalue weighted by molar-refractivity contribution is 6.30. The summed E-state index contributed by atoms with van der Waals surface area (Å²) in [6.07, 6.45) is 3.26. The maximum absolute atomic E-state index is 12.5. The Hall–Kier alpha value is -2.86. The lowest BCUT2D eigenvalue weighted by Crippen LogP contribution is -2.15. The zero-order chi connectivity index (χ0) is 17.1. The molecule has 2 aromatic heterocycles. The number of benzene rings is 1. The van der Waals surface area contributed by atoms with Crippen molar-refractivity contribution in [1.29, 1.82) is 0 Å². The number of aromatic nitrogens is 3. The first kappa shape index (κ1) is 16.0. The van der Waals surface area contributed by atoms with Crippen LogP contribution in [-0.4, -0.2) is 35.2 Å². The number of carbonyl (C=O) groups is 1. The van der Waals surface area contributed by atoms with Gasteiger partial charge in [-0.3, -0.25) is 9.89 Å². The number of aromatic amines is 1. The predicted molar refractivity (Wildman–Crippen MR) is 95.6 cm³/mol. The van der Waals surface area contributed by atoms with Crippen LogP contribution in [0.15, 0.2) is 48.8 Å². The molecule has 122 valence electrons. The molecule has 0 spiro atoms. The number of pyridine rings is 1. The summed E-state index contributed by atoms with van der Waals surface area (Å²) in [5.41, 5.74) is 2.16. The van der Waals surface area contributed by atoms with Crippen LogP contribution in [0.3, 0.4) is 0 Å². The molecule has 6 nitrogen and oxygen atoms in total. The molecule has 24 heavy (non-hydrogen) atoms. The topological polar surface area (TPSA) is 73.9 Å². The van der Waals surface area contributed by atoms with Crippen LogP contribution in [0.25, 0.3) is 11.1 Å². The Labute approximate surface area is 144 Å². The fraction of sp³-hybridized carbons (Fsp3) is 0.118. The van der Waals surface area contributed by atoms with E-state index in [0.29, 0.717) is 22.2 Å². The zero-order valence-electron chi connectivity index (χ0n) is 13.2. The number of nitrogens with zero attached hydrogens (tertiary/aromatic N) is 3. The van der Waals surface area contributed by atoms with Crippen LogP contribution in [0.1, 0.15) is 10.4 Å². The zero-order valence-corrected chi connectivity index (χ0v) is 14.0. The van der Waals surface area contributed by atoms with Gasteiger partial charge in [-0.25, -0.2) is 4.98 Å². The van der Waals surface area contributed by atoms with E-state index in [2.05, 4.69) is 20.5 Å². The minimum Gasteiger partial charge on any atom is -0.363 e. The molecule has 0 aliphatic rings. The SMILES string of the molecule is CN(C)c1cc(C(=O)Nc2[nH]ncc2-c2cccc(Cl)c2)ccn1. The van der Waals surface area contributed by atoms with Crippen LogP contribution in [-0.2, 0) is 0 Å². The number of H-pyrrole nitrogens is 1. The normalized spacial score (nSPS) is 10.5. The molecule has 0 aliphatic heterocycles. The number of hydrogen-bond acceptors (Lipinski definition) is 4. The van der Waals surface area contributed by atoms with Gasteiger partial charge in [-0.1, -0.05) is 23.7 Å². The van der Waals surface area contributed by atoms with Gasteiger partial charge in [0, 0.05) is 36.4 Å². The molecule has 0 saturated heterocycles. The molecule has 7 heteroatoms. The van der Waals surface area contributed by atoms with E-state index < -0.39 is 0 Å². The minimum atomic E-state index is -0.243. The van der Waals surface area contributed by atoms with E-state index in [-0.39, 0.29) is 5.91 Å². The molecule has 1 aromatic carbocycles. The number of rotatable bonds is 4. The third-order valence-corrected chi connectivity index (χ3v) is 3.71. The van der Waals surface area contributed by atoms with Crippen LogP contribution in [0.2, 0.25) is 5.02 Å². The second-order valence-corrected chi connectivity index (χ2v) is 5.86. The summed E-state index contributed by atoms with van der Waals surface area (Å²) < 4.78 is 0. The Morgan fingerprint density at radius 2 is 2.08 bits per heavy atom. The number of carbonyl (C=O) groups excluding carboxylic acids is 1. The molecule has 0 fully saturated rings. The van der Waals surface area contributed by atoms with E-state index in [0.717, 1.165) is 11.1 Å². The predicted octanol–water partition coefficient (Wildman–Crippen LogP) is 3.44. The lowest BCUT2D eigenvalue weighted by atomic mass is 10.1. The van der Waals surface area contributed by atoms with E-state index in [4.69, 9.17) is 11.6 Å². The first-order valence-corrected chi connectivity index (χ1v) is 7.66. The molecule has 2 N–H and O–H groups in total. The number of halogens is 1. The summed E-state index contributed by atoms with van der Waals surface area (Å²) in [7, 11) is 3.74. The second kappa shape index (κ2) is 6.72. The highest BCUT2D eigenvalue weighted by Crippen LogP contribution is 2.28. The van der Waals surface area contributed by atoms with Crippen LogP contribution >= 0.6 is 11.6 Å². The van der Waals surface area contributed by atoms with Crippen molar-refractivity contribution in [2.75, 3.05) is 24.3 Å². The van der Waals surface area contributed by atoms with Gasteiger partial charge >= 0.3 is 0 Å². The van der Waals surface area contributed by atoms with E-state index in [1.807, 2.05) is 37.2 Å². The Kier molecular flexibility index (Phi) is 4.48. The van der Waals surface area contributed by atoms with Crippen molar-refractivity contribution in [3.05, 3.63) is 59.4 Å². The smallest absolute Gasteiger partial charge is 0.257 e. The fourth-order valence-corrected chi connectivity index (χ4v) is 2.44.